The van der Waals surface area contributed by atoms with Gasteiger partial charge in [-0.2, -0.15) is 0 Å². The Bertz CT molecular complexity index is 1240. The highest BCUT2D eigenvalue weighted by atomic mass is 16.5. The predicted octanol–water partition coefficient (Wildman–Crippen LogP) is 13.2. The highest BCUT2D eigenvalue weighted by Crippen LogP contribution is 2.23. The number of esters is 2. The molecule has 1 rings (SSSR count). The van der Waals surface area contributed by atoms with E-state index in [1.54, 1.807) is 0 Å². The molecule has 61 heavy (non-hydrogen) atoms. The summed E-state index contributed by atoms with van der Waals surface area (Å²) in [6.45, 7) is 11.7. The smallest absolute Gasteiger partial charge is 0.306 e. The molecule has 0 bridgehead atoms. The summed E-state index contributed by atoms with van der Waals surface area (Å²) in [5.74, 6) is -0.0923. The van der Waals surface area contributed by atoms with E-state index in [2.05, 4.69) is 42.8 Å². The number of likely N-dealkylation sites (N-methyl/N-ethyl adjacent to an activating group) is 1. The van der Waals surface area contributed by atoms with Crippen molar-refractivity contribution in [3.05, 3.63) is 20.4 Å². The molecule has 0 heterocycles. The fraction of sp³-hybridized carbons (Fsp3) is 0.885. The topological polar surface area (TPSA) is 105 Å². The Balaban J connectivity index is 2.54. The Morgan fingerprint density at radius 2 is 0.836 bits per heavy atom. The van der Waals surface area contributed by atoms with Crippen LogP contribution < -0.4 is 21.1 Å². The standard InChI is InChI=1S/C52H97N3O6/c1-7-11-14-17-22-29-37-46(38-30-23-18-15-12-8-2)61-48(57)40-32-25-20-27-34-43-55(50-49(51(58)52(50)59)53-41-44-54(5)6)42-33-26-19-24-31-39-47(56)60-45(35-10-4)36-28-21-16-13-9-3/h45-46,53H,7-44H2,1-6H3. The third-order valence-corrected chi connectivity index (χ3v) is 12.3. The van der Waals surface area contributed by atoms with Crippen LogP contribution in [0.1, 0.15) is 246 Å². The Labute approximate surface area is 375 Å². The van der Waals surface area contributed by atoms with Crippen molar-refractivity contribution >= 4 is 23.3 Å². The summed E-state index contributed by atoms with van der Waals surface area (Å²) >= 11 is 0. The minimum absolute atomic E-state index is 0.0356. The van der Waals surface area contributed by atoms with Gasteiger partial charge in [0.2, 0.25) is 0 Å². The quantitative estimate of drug-likeness (QED) is 0.0390. The van der Waals surface area contributed by atoms with Gasteiger partial charge < -0.3 is 24.6 Å². The molecule has 0 radical (unpaired) electrons. The molecule has 1 aromatic rings. The first-order valence-electron chi connectivity index (χ1n) is 26.0. The van der Waals surface area contributed by atoms with Crippen molar-refractivity contribution in [2.45, 2.75) is 258 Å². The van der Waals surface area contributed by atoms with Crippen LogP contribution in [0.4, 0.5) is 11.4 Å². The molecule has 356 valence electrons. The molecular weight excluding hydrogens is 763 g/mol. The maximum absolute atomic E-state index is 12.9. The highest BCUT2D eigenvalue weighted by molar-refractivity contribution is 5.75. The van der Waals surface area contributed by atoms with Crippen molar-refractivity contribution in [1.29, 1.82) is 0 Å². The Kier molecular flexibility index (Phi) is 36.4. The van der Waals surface area contributed by atoms with Crippen molar-refractivity contribution in [2.75, 3.05) is 50.5 Å². The van der Waals surface area contributed by atoms with Crippen LogP contribution in [0.3, 0.4) is 0 Å². The molecule has 0 aliphatic carbocycles. The van der Waals surface area contributed by atoms with Crippen LogP contribution in [0.2, 0.25) is 0 Å². The summed E-state index contributed by atoms with van der Waals surface area (Å²) in [7, 11) is 3.99. The van der Waals surface area contributed by atoms with Crippen LogP contribution >= 0.6 is 0 Å². The van der Waals surface area contributed by atoms with E-state index < -0.39 is 5.43 Å². The van der Waals surface area contributed by atoms with Gasteiger partial charge >= 0.3 is 11.9 Å². The molecular formula is C52H97N3O6. The van der Waals surface area contributed by atoms with Crippen LogP contribution in [0.15, 0.2) is 9.59 Å². The molecule has 0 aliphatic rings. The zero-order valence-electron chi connectivity index (χ0n) is 40.9. The molecule has 1 unspecified atom stereocenters. The summed E-state index contributed by atoms with van der Waals surface area (Å²) in [6.07, 6.45) is 36.8. The van der Waals surface area contributed by atoms with Gasteiger partial charge in [-0.25, -0.2) is 0 Å². The van der Waals surface area contributed by atoms with Gasteiger partial charge in [0.25, 0.3) is 10.9 Å². The second kappa shape index (κ2) is 39.2. The second-order valence-electron chi connectivity index (χ2n) is 18.5. The molecule has 0 aliphatic heterocycles. The average molecular weight is 860 g/mol. The van der Waals surface area contributed by atoms with Gasteiger partial charge in [-0.15, -0.1) is 0 Å². The summed E-state index contributed by atoms with van der Waals surface area (Å²) in [5.41, 5.74) is 0.240. The van der Waals surface area contributed by atoms with Gasteiger partial charge in [-0.05, 0) is 84.7 Å². The van der Waals surface area contributed by atoms with E-state index in [1.165, 1.54) is 89.9 Å². The van der Waals surface area contributed by atoms with Crippen LogP contribution in [0.5, 0.6) is 0 Å². The predicted molar refractivity (Wildman–Crippen MR) is 260 cm³/mol. The highest BCUT2D eigenvalue weighted by Gasteiger charge is 2.25. The Morgan fingerprint density at radius 1 is 0.459 bits per heavy atom. The van der Waals surface area contributed by atoms with E-state index in [9.17, 15) is 19.2 Å². The number of hydrogen-bond donors (Lipinski definition) is 1. The fourth-order valence-corrected chi connectivity index (χ4v) is 8.41. The largest absolute Gasteiger partial charge is 0.462 e. The number of nitrogens with zero attached hydrogens (tertiary/aromatic N) is 2. The van der Waals surface area contributed by atoms with E-state index in [1.807, 2.05) is 14.1 Å². The lowest BCUT2D eigenvalue weighted by atomic mass is 10.0. The van der Waals surface area contributed by atoms with Crippen LogP contribution in [0.25, 0.3) is 0 Å². The lowest BCUT2D eigenvalue weighted by Crippen LogP contribution is -2.44. The van der Waals surface area contributed by atoms with E-state index in [4.69, 9.17) is 9.47 Å². The van der Waals surface area contributed by atoms with Crippen LogP contribution in [-0.4, -0.2) is 69.3 Å². The third-order valence-electron chi connectivity index (χ3n) is 12.3. The van der Waals surface area contributed by atoms with Gasteiger partial charge in [0.15, 0.2) is 0 Å². The van der Waals surface area contributed by atoms with Crippen LogP contribution in [0, 0.1) is 0 Å². The van der Waals surface area contributed by atoms with E-state index in [0.717, 1.165) is 135 Å². The summed E-state index contributed by atoms with van der Waals surface area (Å²) in [6, 6.07) is 0. The number of unbranched alkanes of at least 4 members (excludes halogenated alkanes) is 22. The minimum atomic E-state index is -0.406. The number of nitrogens with one attached hydrogen (secondary N) is 1. The lowest BCUT2D eigenvalue weighted by molar-refractivity contribution is -0.151. The normalized spacial score (nSPS) is 12.1. The number of hydrogen-bond acceptors (Lipinski definition) is 9. The van der Waals surface area contributed by atoms with Crippen LogP contribution in [-0.2, 0) is 19.1 Å². The summed E-state index contributed by atoms with van der Waals surface area (Å²) in [4.78, 5) is 55.3. The molecule has 1 aromatic carbocycles. The summed E-state index contributed by atoms with van der Waals surface area (Å²) < 4.78 is 11.9. The number of carbonyl (C=O) groups is 2. The van der Waals surface area contributed by atoms with Gasteiger partial charge in [0.1, 0.15) is 23.6 Å². The molecule has 1 N–H and O–H groups in total. The molecule has 0 saturated carbocycles. The first kappa shape index (κ1) is 56.6. The van der Waals surface area contributed by atoms with Crippen molar-refractivity contribution in [2.24, 2.45) is 0 Å². The number of anilines is 2. The van der Waals surface area contributed by atoms with Gasteiger partial charge in [-0.1, -0.05) is 163 Å². The molecule has 9 nitrogen and oxygen atoms in total. The molecule has 1 atom stereocenters. The Morgan fingerprint density at radius 3 is 1.25 bits per heavy atom. The number of carbonyl (C=O) groups excluding carboxylic acids is 2. The number of rotatable bonds is 45. The number of ether oxygens (including phenoxy) is 2. The fourth-order valence-electron chi connectivity index (χ4n) is 8.41. The van der Waals surface area contributed by atoms with Gasteiger partial charge in [0, 0.05) is 39.0 Å². The van der Waals surface area contributed by atoms with Gasteiger partial charge in [0.05, 0.1) is 0 Å². The molecule has 0 aromatic heterocycles. The van der Waals surface area contributed by atoms with Crippen molar-refractivity contribution in [3.63, 3.8) is 0 Å². The summed E-state index contributed by atoms with van der Waals surface area (Å²) in [5, 5.41) is 3.25. The van der Waals surface area contributed by atoms with Crippen molar-refractivity contribution in [1.82, 2.24) is 4.90 Å². The maximum atomic E-state index is 12.9. The second-order valence-corrected chi connectivity index (χ2v) is 18.5. The monoisotopic (exact) mass is 860 g/mol. The zero-order chi connectivity index (χ0) is 44.8. The molecule has 0 spiro atoms. The first-order chi connectivity index (χ1) is 29.7. The molecule has 0 fully saturated rings. The molecule has 9 heteroatoms. The van der Waals surface area contributed by atoms with Crippen molar-refractivity contribution < 1.29 is 19.1 Å². The maximum Gasteiger partial charge on any atom is 0.306 e. The Hall–Kier alpha value is -2.42. The van der Waals surface area contributed by atoms with E-state index in [0.29, 0.717) is 30.8 Å². The lowest BCUT2D eigenvalue weighted by Gasteiger charge is -2.28. The average Bonchev–Trinajstić information content (AvgIpc) is 3.24. The van der Waals surface area contributed by atoms with E-state index >= 15 is 0 Å². The molecule has 0 saturated heterocycles. The molecule has 0 amide bonds. The van der Waals surface area contributed by atoms with E-state index in [-0.39, 0.29) is 29.6 Å². The third kappa shape index (κ3) is 29.6. The zero-order valence-corrected chi connectivity index (χ0v) is 40.9. The first-order valence-corrected chi connectivity index (χ1v) is 26.0. The van der Waals surface area contributed by atoms with Gasteiger partial charge in [-0.3, -0.25) is 19.2 Å². The SMILES string of the molecule is CCCCCCCCC(CCCCCCCC)OC(=O)CCCCCCCN(CCCCCCCC(=O)OC(CCC)CCCCCCC)c1c(NCCN(C)C)c(=O)c1=O. The van der Waals surface area contributed by atoms with Crippen molar-refractivity contribution in [3.8, 4) is 0 Å². The minimum Gasteiger partial charge on any atom is -0.462 e.